The first kappa shape index (κ1) is 27.4. The molecule has 1 N–H and O–H groups in total. The second-order valence-electron chi connectivity index (χ2n) is 10.6. The molecule has 1 aliphatic rings. The smallest absolute Gasteiger partial charge is 0.347 e. The lowest BCUT2D eigenvalue weighted by Gasteiger charge is -2.20. The summed E-state index contributed by atoms with van der Waals surface area (Å²) < 4.78 is 114. The molecule has 202 valence electrons. The van der Waals surface area contributed by atoms with E-state index in [0.29, 0.717) is 12.8 Å². The Morgan fingerprint density at radius 2 is 1.81 bits per heavy atom. The van der Waals surface area contributed by atoms with Crippen molar-refractivity contribution in [2.24, 2.45) is 5.41 Å². The normalized spacial score (nSPS) is 16.1. The molecule has 3 aromatic rings. The average Bonchev–Trinajstić information content (AvgIpc) is 3.56. The van der Waals surface area contributed by atoms with Gasteiger partial charge in [0.25, 0.3) is 6.43 Å². The number of rotatable bonds is 7. The first-order chi connectivity index (χ1) is 17.0. The average molecular weight is 548 g/mol. The number of benzene rings is 1. The highest BCUT2D eigenvalue weighted by atomic mass is 32.2. The SMILES string of the molecule is Cc1ccnc(C(F)(F)F)c1-c1cc2c(cc1F)c([C@H](NS(=O)(=O)C1CC1)C(F)F)cn2CC(C)(C)C. The molecule has 4 rings (SSSR count). The van der Waals surface area contributed by atoms with E-state index in [4.69, 9.17) is 0 Å². The molecule has 0 bridgehead atoms. The van der Waals surface area contributed by atoms with Crippen molar-refractivity contribution >= 4 is 20.9 Å². The van der Waals surface area contributed by atoms with Gasteiger partial charge < -0.3 is 4.57 Å². The van der Waals surface area contributed by atoms with Crippen molar-refractivity contribution in [1.82, 2.24) is 14.3 Å². The van der Waals surface area contributed by atoms with E-state index in [2.05, 4.69) is 9.71 Å². The molecular formula is C25H27F6N3O2S. The van der Waals surface area contributed by atoms with Gasteiger partial charge in [-0.3, -0.25) is 4.98 Å². The number of hydrogen-bond donors (Lipinski definition) is 1. The second kappa shape index (κ2) is 9.30. The highest BCUT2D eigenvalue weighted by molar-refractivity contribution is 7.90. The lowest BCUT2D eigenvalue weighted by atomic mass is 9.95. The van der Waals surface area contributed by atoms with Crippen LogP contribution in [-0.2, 0) is 22.7 Å². The lowest BCUT2D eigenvalue weighted by Crippen LogP contribution is -2.35. The van der Waals surface area contributed by atoms with Gasteiger partial charge in [0.15, 0.2) is 5.69 Å². The minimum atomic E-state index is -4.86. The number of aromatic nitrogens is 2. The molecule has 0 saturated heterocycles. The first-order valence-electron chi connectivity index (χ1n) is 11.6. The van der Waals surface area contributed by atoms with Gasteiger partial charge in [-0.05, 0) is 48.9 Å². The Labute approximate surface area is 210 Å². The van der Waals surface area contributed by atoms with E-state index >= 15 is 4.39 Å². The maximum atomic E-state index is 15.5. The van der Waals surface area contributed by atoms with Crippen LogP contribution in [0.15, 0.2) is 30.6 Å². The molecule has 1 aliphatic carbocycles. The number of pyridine rings is 1. The molecule has 2 aromatic heterocycles. The standard InChI is InChI=1S/C25H27F6N3O2S/c1-13-7-8-32-22(25(29,30)31)20(13)16-10-19-15(9-18(16)26)17(11-34(19)12-24(2,3)4)21(23(27)28)33-37(35,36)14-5-6-14/h7-11,14,21,23,33H,5-6,12H2,1-4H3/t21-/m0/s1. The third-order valence-corrected chi connectivity index (χ3v) is 8.12. The number of nitrogens with zero attached hydrogens (tertiary/aromatic N) is 2. The molecule has 0 radical (unpaired) electrons. The van der Waals surface area contributed by atoms with E-state index in [1.165, 1.54) is 25.3 Å². The fourth-order valence-electron chi connectivity index (χ4n) is 4.43. The Balaban J connectivity index is 1.97. The van der Waals surface area contributed by atoms with E-state index in [9.17, 15) is 30.4 Å². The molecule has 1 aromatic carbocycles. The topological polar surface area (TPSA) is 64.0 Å². The van der Waals surface area contributed by atoms with Gasteiger partial charge in [-0.15, -0.1) is 0 Å². The van der Waals surface area contributed by atoms with Crippen molar-refractivity contribution < 1.29 is 34.8 Å². The molecule has 2 heterocycles. The Hall–Kier alpha value is -2.60. The van der Waals surface area contributed by atoms with Gasteiger partial charge in [0.05, 0.1) is 5.25 Å². The number of fused-ring (bicyclic) bond motifs is 1. The predicted molar refractivity (Wildman–Crippen MR) is 128 cm³/mol. The van der Waals surface area contributed by atoms with Crippen LogP contribution >= 0.6 is 0 Å². The van der Waals surface area contributed by atoms with Crippen molar-refractivity contribution in [3.8, 4) is 11.1 Å². The van der Waals surface area contributed by atoms with Gasteiger partial charge in [0, 0.05) is 46.5 Å². The third kappa shape index (κ3) is 5.64. The maximum absolute atomic E-state index is 15.5. The summed E-state index contributed by atoms with van der Waals surface area (Å²) in [7, 11) is -4.03. The zero-order valence-electron chi connectivity index (χ0n) is 20.6. The fraction of sp³-hybridized carbons (Fsp3) is 0.480. The molecule has 37 heavy (non-hydrogen) atoms. The zero-order chi connectivity index (χ0) is 27.5. The highest BCUT2D eigenvalue weighted by Gasteiger charge is 2.41. The summed E-state index contributed by atoms with van der Waals surface area (Å²) in [5.41, 5.74) is -2.29. The second-order valence-corrected chi connectivity index (χ2v) is 12.6. The van der Waals surface area contributed by atoms with E-state index in [-0.39, 0.29) is 34.1 Å². The molecule has 12 heteroatoms. The summed E-state index contributed by atoms with van der Waals surface area (Å²) in [6.45, 7) is 7.26. The monoisotopic (exact) mass is 547 g/mol. The van der Waals surface area contributed by atoms with Crippen LogP contribution < -0.4 is 4.72 Å². The van der Waals surface area contributed by atoms with Gasteiger partial charge in [-0.2, -0.15) is 13.2 Å². The summed E-state index contributed by atoms with van der Waals surface area (Å²) in [4.78, 5) is 3.44. The first-order valence-corrected chi connectivity index (χ1v) is 13.2. The van der Waals surface area contributed by atoms with Crippen molar-refractivity contribution in [3.63, 3.8) is 0 Å². The molecule has 0 unspecified atom stereocenters. The lowest BCUT2D eigenvalue weighted by molar-refractivity contribution is -0.140. The third-order valence-electron chi connectivity index (χ3n) is 6.18. The summed E-state index contributed by atoms with van der Waals surface area (Å²) in [6, 6.07) is 1.46. The van der Waals surface area contributed by atoms with Crippen molar-refractivity contribution in [1.29, 1.82) is 0 Å². The van der Waals surface area contributed by atoms with Gasteiger partial charge in [-0.25, -0.2) is 26.3 Å². The van der Waals surface area contributed by atoms with E-state index in [1.54, 1.807) is 4.57 Å². The number of nitrogens with one attached hydrogen (secondary N) is 1. The van der Waals surface area contributed by atoms with Crippen LogP contribution in [0.2, 0.25) is 0 Å². The molecule has 1 atom stereocenters. The minimum Gasteiger partial charge on any atom is -0.347 e. The molecule has 1 fully saturated rings. The summed E-state index contributed by atoms with van der Waals surface area (Å²) in [6.07, 6.45) is -4.97. The Bertz CT molecular complexity index is 1440. The minimum absolute atomic E-state index is 0.00982. The van der Waals surface area contributed by atoms with Crippen LogP contribution in [0.1, 0.15) is 56.5 Å². The molecule has 5 nitrogen and oxygen atoms in total. The van der Waals surface area contributed by atoms with Crippen molar-refractivity contribution in [3.05, 3.63) is 53.2 Å². The molecular weight excluding hydrogens is 520 g/mol. The number of alkyl halides is 5. The molecule has 1 saturated carbocycles. The number of aryl methyl sites for hydroxylation is 1. The van der Waals surface area contributed by atoms with Crippen LogP contribution in [0.25, 0.3) is 22.0 Å². The van der Waals surface area contributed by atoms with Crippen LogP contribution in [0.3, 0.4) is 0 Å². The predicted octanol–water partition coefficient (Wildman–Crippen LogP) is 6.60. The van der Waals surface area contributed by atoms with Gasteiger partial charge in [0.1, 0.15) is 11.9 Å². The van der Waals surface area contributed by atoms with Crippen LogP contribution in [0.5, 0.6) is 0 Å². The number of sulfonamides is 1. The largest absolute Gasteiger partial charge is 0.433 e. The molecule has 0 amide bonds. The maximum Gasteiger partial charge on any atom is 0.433 e. The van der Waals surface area contributed by atoms with Crippen molar-refractivity contribution in [2.45, 2.75) is 71.0 Å². The number of halogens is 6. The van der Waals surface area contributed by atoms with Crippen LogP contribution in [0.4, 0.5) is 26.3 Å². The zero-order valence-corrected chi connectivity index (χ0v) is 21.4. The van der Waals surface area contributed by atoms with Crippen LogP contribution in [0, 0.1) is 18.2 Å². The molecule has 0 spiro atoms. The highest BCUT2D eigenvalue weighted by Crippen LogP contribution is 2.42. The van der Waals surface area contributed by atoms with Gasteiger partial charge in [0.2, 0.25) is 10.0 Å². The van der Waals surface area contributed by atoms with Gasteiger partial charge >= 0.3 is 6.18 Å². The van der Waals surface area contributed by atoms with Gasteiger partial charge in [-0.1, -0.05) is 20.8 Å². The van der Waals surface area contributed by atoms with E-state index in [0.717, 1.165) is 12.3 Å². The Kier molecular flexibility index (Phi) is 6.90. The Morgan fingerprint density at radius 3 is 2.35 bits per heavy atom. The van der Waals surface area contributed by atoms with Crippen molar-refractivity contribution in [2.75, 3.05) is 0 Å². The quantitative estimate of drug-likeness (QED) is 0.339. The van der Waals surface area contributed by atoms with E-state index in [1.807, 2.05) is 20.8 Å². The Morgan fingerprint density at radius 1 is 1.16 bits per heavy atom. The summed E-state index contributed by atoms with van der Waals surface area (Å²) in [5.74, 6) is -1.07. The van der Waals surface area contributed by atoms with Crippen LogP contribution in [-0.4, -0.2) is 29.6 Å². The molecule has 0 aliphatic heterocycles. The summed E-state index contributed by atoms with van der Waals surface area (Å²) >= 11 is 0. The van der Waals surface area contributed by atoms with E-state index < -0.39 is 56.4 Å². The summed E-state index contributed by atoms with van der Waals surface area (Å²) in [5, 5.41) is -0.765. The fourth-order valence-corrected chi connectivity index (χ4v) is 5.97. The number of hydrogen-bond acceptors (Lipinski definition) is 3.